The molecule has 1 N–H and O–H groups in total. The Morgan fingerprint density at radius 3 is 2.28 bits per heavy atom. The van der Waals surface area contributed by atoms with E-state index in [2.05, 4.69) is 5.32 Å². The molecule has 2 heterocycles. The second kappa shape index (κ2) is 9.66. The molecule has 2 aromatic carbocycles. The van der Waals surface area contributed by atoms with Gasteiger partial charge in [-0.15, -0.1) is 0 Å². The molecule has 0 spiro atoms. The lowest BCUT2D eigenvalue weighted by Gasteiger charge is -2.37. The molecule has 36 heavy (non-hydrogen) atoms. The van der Waals surface area contributed by atoms with Crippen LogP contribution in [-0.4, -0.2) is 51.7 Å². The number of fused-ring (bicyclic) bond motifs is 1. The van der Waals surface area contributed by atoms with Gasteiger partial charge in [-0.05, 0) is 61.0 Å². The number of carbonyl (C=O) groups excluding carboxylic acids is 4. The molecule has 2 aliphatic heterocycles. The molecule has 0 atom stereocenters. The van der Waals surface area contributed by atoms with Crippen molar-refractivity contribution in [2.24, 2.45) is 0 Å². The fourth-order valence-electron chi connectivity index (χ4n) is 5.07. The van der Waals surface area contributed by atoms with Crippen LogP contribution in [0.15, 0.2) is 48.0 Å². The highest BCUT2D eigenvalue weighted by Gasteiger charge is 2.38. The smallest absolute Gasteiger partial charge is 0.265 e. The van der Waals surface area contributed by atoms with Crippen LogP contribution in [0.5, 0.6) is 5.75 Å². The minimum atomic E-state index is -0.547. The Labute approximate surface area is 213 Å². The van der Waals surface area contributed by atoms with E-state index in [1.165, 1.54) is 23.0 Å². The summed E-state index contributed by atoms with van der Waals surface area (Å²) in [7, 11) is 1.50. The first kappa shape index (κ1) is 23.9. The quantitative estimate of drug-likeness (QED) is 0.291. The highest BCUT2D eigenvalue weighted by atomic mass is 32.1. The minimum Gasteiger partial charge on any atom is -0.496 e. The van der Waals surface area contributed by atoms with Gasteiger partial charge in [-0.25, -0.2) is 0 Å². The average molecular weight is 504 g/mol. The lowest BCUT2D eigenvalue weighted by molar-refractivity contribution is -0.130. The van der Waals surface area contributed by atoms with E-state index in [9.17, 15) is 19.2 Å². The highest BCUT2D eigenvalue weighted by molar-refractivity contribution is 7.80. The summed E-state index contributed by atoms with van der Waals surface area (Å²) in [5.74, 6) is -1.22. The number of rotatable bonds is 5. The van der Waals surface area contributed by atoms with Gasteiger partial charge in [0.2, 0.25) is 0 Å². The molecule has 1 saturated heterocycles. The van der Waals surface area contributed by atoms with Crippen LogP contribution in [0.25, 0.3) is 6.08 Å². The number of nitrogens with zero attached hydrogens (tertiary/aromatic N) is 2. The predicted molar refractivity (Wildman–Crippen MR) is 136 cm³/mol. The Kier molecular flexibility index (Phi) is 6.40. The zero-order valence-corrected chi connectivity index (χ0v) is 20.6. The second-order valence-corrected chi connectivity index (χ2v) is 9.48. The molecule has 0 radical (unpaired) electrons. The van der Waals surface area contributed by atoms with Crippen molar-refractivity contribution in [2.75, 3.05) is 7.11 Å². The van der Waals surface area contributed by atoms with Crippen LogP contribution >= 0.6 is 12.2 Å². The number of imide groups is 1. The second-order valence-electron chi connectivity index (χ2n) is 9.10. The van der Waals surface area contributed by atoms with Crippen LogP contribution in [0, 0.1) is 0 Å². The molecule has 2 aromatic rings. The summed E-state index contributed by atoms with van der Waals surface area (Å²) in [6.45, 7) is -0.00897. The predicted octanol–water partition coefficient (Wildman–Crippen LogP) is 3.45. The Bertz CT molecular complexity index is 1290. The molecule has 1 aliphatic carbocycles. The van der Waals surface area contributed by atoms with Crippen molar-refractivity contribution in [1.82, 2.24) is 15.1 Å². The number of carbonyl (C=O) groups is 4. The molecular weight excluding hydrogens is 478 g/mol. The first-order valence-corrected chi connectivity index (χ1v) is 12.3. The van der Waals surface area contributed by atoms with Gasteiger partial charge in [-0.1, -0.05) is 37.5 Å². The third kappa shape index (κ3) is 4.19. The fourth-order valence-corrected chi connectivity index (χ4v) is 5.40. The van der Waals surface area contributed by atoms with Gasteiger partial charge in [-0.3, -0.25) is 34.3 Å². The van der Waals surface area contributed by atoms with Gasteiger partial charge >= 0.3 is 0 Å². The molecule has 0 bridgehead atoms. The third-order valence-electron chi connectivity index (χ3n) is 6.90. The molecule has 1 saturated carbocycles. The zero-order valence-electron chi connectivity index (χ0n) is 19.8. The Hall–Kier alpha value is -3.85. The number of ether oxygens (including phenoxy) is 1. The zero-order chi connectivity index (χ0) is 25.4. The van der Waals surface area contributed by atoms with Crippen molar-refractivity contribution >= 4 is 47.0 Å². The van der Waals surface area contributed by atoms with Crippen molar-refractivity contribution in [2.45, 2.75) is 44.7 Å². The summed E-state index contributed by atoms with van der Waals surface area (Å²) < 4.78 is 5.46. The van der Waals surface area contributed by atoms with Crippen LogP contribution in [0.2, 0.25) is 0 Å². The Morgan fingerprint density at radius 1 is 0.972 bits per heavy atom. The lowest BCUT2D eigenvalue weighted by atomic mass is 9.93. The van der Waals surface area contributed by atoms with E-state index in [4.69, 9.17) is 17.0 Å². The van der Waals surface area contributed by atoms with Crippen LogP contribution in [0.1, 0.15) is 63.9 Å². The molecular formula is C27H25N3O5S. The molecule has 3 aliphatic rings. The van der Waals surface area contributed by atoms with E-state index in [-0.39, 0.29) is 35.1 Å². The Morgan fingerprint density at radius 2 is 1.64 bits per heavy atom. The van der Waals surface area contributed by atoms with Crippen molar-refractivity contribution in [3.63, 3.8) is 0 Å². The minimum absolute atomic E-state index is 0.00831. The van der Waals surface area contributed by atoms with Gasteiger partial charge < -0.3 is 4.74 Å². The normalized spacial score (nSPS) is 19.7. The summed E-state index contributed by atoms with van der Waals surface area (Å²) in [4.78, 5) is 54.5. The van der Waals surface area contributed by atoms with Crippen LogP contribution in [0.4, 0.5) is 0 Å². The van der Waals surface area contributed by atoms with Gasteiger partial charge in [0.1, 0.15) is 11.3 Å². The maximum Gasteiger partial charge on any atom is 0.265 e. The lowest BCUT2D eigenvalue weighted by Crippen LogP contribution is -2.57. The number of amides is 4. The maximum atomic E-state index is 13.3. The van der Waals surface area contributed by atoms with Gasteiger partial charge in [0.15, 0.2) is 5.11 Å². The number of hydrogen-bond acceptors (Lipinski definition) is 6. The summed E-state index contributed by atoms with van der Waals surface area (Å²) >= 11 is 5.33. The van der Waals surface area contributed by atoms with Crippen molar-refractivity contribution in [3.05, 3.63) is 70.3 Å². The van der Waals surface area contributed by atoms with E-state index < -0.39 is 11.8 Å². The van der Waals surface area contributed by atoms with Crippen molar-refractivity contribution in [1.29, 1.82) is 0 Å². The first-order chi connectivity index (χ1) is 17.4. The van der Waals surface area contributed by atoms with Crippen LogP contribution in [-0.2, 0) is 16.1 Å². The van der Waals surface area contributed by atoms with E-state index in [1.807, 2.05) is 0 Å². The number of hydrogen-bond donors (Lipinski definition) is 1. The SMILES string of the molecule is COc1ccc(C=C2C(=O)NC(=S)N(C3CCCCC3)C2=O)cc1CN1C(=O)c2ccccc2C1=O. The summed E-state index contributed by atoms with van der Waals surface area (Å²) in [5.41, 5.74) is 1.86. The fraction of sp³-hybridized carbons (Fsp3) is 0.296. The highest BCUT2D eigenvalue weighted by Crippen LogP contribution is 2.30. The molecule has 9 heteroatoms. The first-order valence-electron chi connectivity index (χ1n) is 11.9. The number of methoxy groups -OCH3 is 1. The monoisotopic (exact) mass is 503 g/mol. The van der Waals surface area contributed by atoms with Crippen molar-refractivity contribution in [3.8, 4) is 5.75 Å². The Balaban J connectivity index is 1.44. The van der Waals surface area contributed by atoms with E-state index in [1.54, 1.807) is 42.5 Å². The average Bonchev–Trinajstić information content (AvgIpc) is 3.12. The van der Waals surface area contributed by atoms with E-state index in [0.717, 1.165) is 32.1 Å². The summed E-state index contributed by atoms with van der Waals surface area (Å²) in [5, 5.41) is 2.80. The van der Waals surface area contributed by atoms with Gasteiger partial charge in [0.05, 0.1) is 24.8 Å². The molecule has 184 valence electrons. The van der Waals surface area contributed by atoms with E-state index >= 15 is 0 Å². The van der Waals surface area contributed by atoms with Gasteiger partial charge in [0.25, 0.3) is 23.6 Å². The molecule has 4 amide bonds. The molecule has 5 rings (SSSR count). The van der Waals surface area contributed by atoms with Crippen LogP contribution < -0.4 is 10.1 Å². The topological polar surface area (TPSA) is 96.0 Å². The van der Waals surface area contributed by atoms with Crippen molar-refractivity contribution < 1.29 is 23.9 Å². The summed E-state index contributed by atoms with van der Waals surface area (Å²) in [6.07, 6.45) is 6.38. The number of thiocarbonyl (C=S) groups is 1. The third-order valence-corrected chi connectivity index (χ3v) is 7.19. The van der Waals surface area contributed by atoms with Crippen LogP contribution in [0.3, 0.4) is 0 Å². The molecule has 8 nitrogen and oxygen atoms in total. The number of benzene rings is 2. The van der Waals surface area contributed by atoms with Gasteiger partial charge in [-0.2, -0.15) is 0 Å². The molecule has 0 aromatic heterocycles. The standard InChI is InChI=1S/C27H25N3O5S/c1-35-22-12-11-16(13-17(22)15-29-24(32)19-9-5-6-10-20(19)25(29)33)14-21-23(31)28-27(36)30(26(21)34)18-7-3-2-4-8-18/h5-6,9-14,18H,2-4,7-8,15H2,1H3,(H,28,31,36). The van der Waals surface area contributed by atoms with E-state index in [0.29, 0.717) is 28.0 Å². The maximum absolute atomic E-state index is 13.3. The largest absolute Gasteiger partial charge is 0.496 e. The molecule has 2 fully saturated rings. The summed E-state index contributed by atoms with van der Waals surface area (Å²) in [6, 6.07) is 11.8. The van der Waals surface area contributed by atoms with Gasteiger partial charge in [0, 0.05) is 11.6 Å². The number of nitrogens with one attached hydrogen (secondary N) is 1. The molecule has 0 unspecified atom stereocenters.